The number of aromatic nitrogens is 1. The van der Waals surface area contributed by atoms with Gasteiger partial charge in [0.05, 0.1) is 4.92 Å². The lowest BCUT2D eigenvalue weighted by Gasteiger charge is -2.07. The van der Waals surface area contributed by atoms with Crippen molar-refractivity contribution >= 4 is 5.69 Å². The van der Waals surface area contributed by atoms with Crippen LogP contribution in [-0.2, 0) is 0 Å². The Morgan fingerprint density at radius 2 is 1.93 bits per heavy atom. The molecular formula is C10H16N2O3. The summed E-state index contributed by atoms with van der Waals surface area (Å²) in [6.45, 7) is 7.59. The molecule has 0 amide bonds. The van der Waals surface area contributed by atoms with Crippen molar-refractivity contribution < 1.29 is 4.92 Å². The molecule has 0 N–H and O–H groups in total. The van der Waals surface area contributed by atoms with Crippen molar-refractivity contribution in [3.63, 3.8) is 0 Å². The standard InChI is InChI=1S/C8H10N2O3.C2H6/c1-6(2)9-5-3-4-7(8(9)11)10(12)13;1-2/h3-6H,1-2H3;1-2H3. The Labute approximate surface area is 88.5 Å². The lowest BCUT2D eigenvalue weighted by atomic mass is 10.3. The molecule has 0 aliphatic rings. The molecule has 1 heterocycles. The topological polar surface area (TPSA) is 65.1 Å². The maximum absolute atomic E-state index is 11.4. The summed E-state index contributed by atoms with van der Waals surface area (Å²) in [7, 11) is 0. The second-order valence-corrected chi connectivity index (χ2v) is 2.96. The van der Waals surface area contributed by atoms with E-state index in [2.05, 4.69) is 0 Å². The van der Waals surface area contributed by atoms with Crippen LogP contribution in [0.5, 0.6) is 0 Å². The first-order valence-corrected chi connectivity index (χ1v) is 4.89. The van der Waals surface area contributed by atoms with Gasteiger partial charge in [-0.15, -0.1) is 0 Å². The summed E-state index contributed by atoms with van der Waals surface area (Å²) in [6, 6.07) is 2.65. The Bertz CT molecular complexity index is 382. The van der Waals surface area contributed by atoms with Gasteiger partial charge in [0.25, 0.3) is 0 Å². The highest BCUT2D eigenvalue weighted by molar-refractivity contribution is 5.25. The lowest BCUT2D eigenvalue weighted by Crippen LogP contribution is -2.23. The summed E-state index contributed by atoms with van der Waals surface area (Å²) in [5.41, 5.74) is -0.932. The molecule has 84 valence electrons. The van der Waals surface area contributed by atoms with Crippen molar-refractivity contribution in [2.45, 2.75) is 33.7 Å². The third-order valence-corrected chi connectivity index (χ3v) is 1.71. The minimum Gasteiger partial charge on any atom is -0.307 e. The summed E-state index contributed by atoms with van der Waals surface area (Å²) >= 11 is 0. The molecule has 0 aromatic carbocycles. The number of hydrogen-bond acceptors (Lipinski definition) is 3. The van der Waals surface area contributed by atoms with Crippen molar-refractivity contribution in [2.24, 2.45) is 0 Å². The van der Waals surface area contributed by atoms with Gasteiger partial charge >= 0.3 is 11.2 Å². The van der Waals surface area contributed by atoms with E-state index in [1.807, 2.05) is 13.8 Å². The van der Waals surface area contributed by atoms with E-state index < -0.39 is 10.5 Å². The number of nitro groups is 1. The number of hydrogen-bond donors (Lipinski definition) is 0. The average molecular weight is 212 g/mol. The zero-order chi connectivity index (χ0) is 12.0. The molecule has 0 saturated heterocycles. The quantitative estimate of drug-likeness (QED) is 0.558. The Kier molecular flexibility index (Phi) is 5.30. The fourth-order valence-corrected chi connectivity index (χ4v) is 1.04. The second kappa shape index (κ2) is 5.95. The highest BCUT2D eigenvalue weighted by Gasteiger charge is 2.14. The molecule has 0 aliphatic carbocycles. The van der Waals surface area contributed by atoms with Crippen LogP contribution in [0.2, 0.25) is 0 Å². The number of nitrogens with zero attached hydrogens (tertiary/aromatic N) is 2. The van der Waals surface area contributed by atoms with Crippen molar-refractivity contribution in [1.82, 2.24) is 4.57 Å². The molecule has 0 unspecified atom stereocenters. The molecule has 15 heavy (non-hydrogen) atoms. The maximum Gasteiger partial charge on any atom is 0.334 e. The van der Waals surface area contributed by atoms with Crippen LogP contribution in [0.25, 0.3) is 0 Å². The van der Waals surface area contributed by atoms with Crippen molar-refractivity contribution in [2.75, 3.05) is 0 Å². The van der Waals surface area contributed by atoms with Crippen LogP contribution in [0.4, 0.5) is 5.69 Å². The molecule has 0 bridgehead atoms. The predicted molar refractivity (Wildman–Crippen MR) is 59.1 cm³/mol. The zero-order valence-corrected chi connectivity index (χ0v) is 9.43. The van der Waals surface area contributed by atoms with Gasteiger partial charge in [-0.2, -0.15) is 0 Å². The van der Waals surface area contributed by atoms with Crippen LogP contribution in [-0.4, -0.2) is 9.49 Å². The molecule has 1 aromatic heterocycles. The van der Waals surface area contributed by atoms with Crippen LogP contribution in [0.1, 0.15) is 33.7 Å². The molecule has 5 heteroatoms. The van der Waals surface area contributed by atoms with Gasteiger partial charge in [0.15, 0.2) is 0 Å². The second-order valence-electron chi connectivity index (χ2n) is 2.96. The van der Waals surface area contributed by atoms with Crippen molar-refractivity contribution in [1.29, 1.82) is 0 Å². The Morgan fingerprint density at radius 3 is 2.33 bits per heavy atom. The Balaban J connectivity index is 0.000000921. The van der Waals surface area contributed by atoms with Crippen LogP contribution in [0, 0.1) is 10.1 Å². The largest absolute Gasteiger partial charge is 0.334 e. The Morgan fingerprint density at radius 1 is 1.40 bits per heavy atom. The van der Waals surface area contributed by atoms with E-state index in [0.717, 1.165) is 0 Å². The minimum atomic E-state index is -0.665. The van der Waals surface area contributed by atoms with Gasteiger partial charge < -0.3 is 4.57 Å². The van der Waals surface area contributed by atoms with Gasteiger partial charge in [-0.05, 0) is 19.9 Å². The fraction of sp³-hybridized carbons (Fsp3) is 0.500. The molecule has 0 aliphatic heterocycles. The van der Waals surface area contributed by atoms with Gasteiger partial charge in [-0.3, -0.25) is 14.9 Å². The SMILES string of the molecule is CC.CC(C)n1cccc([N+](=O)[O-])c1=O. The molecule has 0 fully saturated rings. The Hall–Kier alpha value is -1.65. The smallest absolute Gasteiger partial charge is 0.307 e. The molecule has 5 nitrogen and oxygen atoms in total. The van der Waals surface area contributed by atoms with E-state index >= 15 is 0 Å². The summed E-state index contributed by atoms with van der Waals surface area (Å²) in [6.07, 6.45) is 1.54. The lowest BCUT2D eigenvalue weighted by molar-refractivity contribution is -0.386. The summed E-state index contributed by atoms with van der Waals surface area (Å²) in [5.74, 6) is 0. The van der Waals surface area contributed by atoms with Crippen LogP contribution in [0.15, 0.2) is 23.1 Å². The normalized spacial score (nSPS) is 9.40. The van der Waals surface area contributed by atoms with Crippen LogP contribution >= 0.6 is 0 Å². The minimum absolute atomic E-state index is 0.0626. The summed E-state index contributed by atoms with van der Waals surface area (Å²) in [5, 5.41) is 10.4. The molecule has 1 rings (SSSR count). The first-order chi connectivity index (χ1) is 7.04. The van der Waals surface area contributed by atoms with E-state index in [-0.39, 0.29) is 11.7 Å². The van der Waals surface area contributed by atoms with E-state index in [4.69, 9.17) is 0 Å². The third kappa shape index (κ3) is 3.19. The molecule has 1 aromatic rings. The monoisotopic (exact) mass is 212 g/mol. The fourth-order valence-electron chi connectivity index (χ4n) is 1.04. The maximum atomic E-state index is 11.4. The zero-order valence-electron chi connectivity index (χ0n) is 9.43. The highest BCUT2D eigenvalue weighted by atomic mass is 16.6. The molecule has 0 spiro atoms. The van der Waals surface area contributed by atoms with Crippen LogP contribution in [0.3, 0.4) is 0 Å². The summed E-state index contributed by atoms with van der Waals surface area (Å²) in [4.78, 5) is 21.1. The average Bonchev–Trinajstić information content (AvgIpc) is 2.20. The number of rotatable bonds is 2. The summed E-state index contributed by atoms with van der Waals surface area (Å²) < 4.78 is 1.33. The van der Waals surface area contributed by atoms with Crippen molar-refractivity contribution in [3.8, 4) is 0 Å². The van der Waals surface area contributed by atoms with E-state index in [9.17, 15) is 14.9 Å². The van der Waals surface area contributed by atoms with Gasteiger partial charge in [0.2, 0.25) is 0 Å². The number of pyridine rings is 1. The van der Waals surface area contributed by atoms with E-state index in [1.54, 1.807) is 20.0 Å². The van der Waals surface area contributed by atoms with Crippen LogP contribution < -0.4 is 5.56 Å². The van der Waals surface area contributed by atoms with Gasteiger partial charge in [0, 0.05) is 18.3 Å². The first kappa shape index (κ1) is 13.4. The molecule has 0 radical (unpaired) electrons. The van der Waals surface area contributed by atoms with Gasteiger partial charge in [-0.1, -0.05) is 13.8 Å². The molecular weight excluding hydrogens is 196 g/mol. The molecule has 0 atom stereocenters. The van der Waals surface area contributed by atoms with E-state index in [1.165, 1.54) is 16.7 Å². The predicted octanol–water partition coefficient (Wildman–Crippen LogP) is 2.36. The van der Waals surface area contributed by atoms with Gasteiger partial charge in [0.1, 0.15) is 0 Å². The van der Waals surface area contributed by atoms with E-state index in [0.29, 0.717) is 0 Å². The highest BCUT2D eigenvalue weighted by Crippen LogP contribution is 2.05. The molecule has 0 saturated carbocycles. The third-order valence-electron chi connectivity index (χ3n) is 1.71. The van der Waals surface area contributed by atoms with Crippen molar-refractivity contribution in [3.05, 3.63) is 38.8 Å². The first-order valence-electron chi connectivity index (χ1n) is 4.89. The van der Waals surface area contributed by atoms with Gasteiger partial charge in [-0.25, -0.2) is 0 Å².